The largest absolute Gasteiger partial charge is 0.381 e. The molecule has 0 saturated carbocycles. The van der Waals surface area contributed by atoms with Gasteiger partial charge in [0.05, 0.1) is 0 Å². The number of benzene rings is 2. The lowest BCUT2D eigenvalue weighted by Crippen LogP contribution is -2.33. The average Bonchev–Trinajstić information content (AvgIpc) is 2.64. The molecule has 0 bridgehead atoms. The molecule has 0 fully saturated rings. The molecule has 3 nitrogen and oxygen atoms in total. The first kappa shape index (κ1) is 19.2. The number of nitrogens with one attached hydrogen (secondary N) is 1. The third kappa shape index (κ3) is 4.39. The first-order valence-electron chi connectivity index (χ1n) is 8.78. The van der Waals surface area contributed by atoms with E-state index < -0.39 is 29.4 Å². The fraction of sp³-hybridized carbons (Fsp3) is 0.286. The molecule has 142 valence electrons. The van der Waals surface area contributed by atoms with E-state index in [1.54, 1.807) is 12.1 Å². The van der Waals surface area contributed by atoms with Crippen LogP contribution in [0.4, 0.5) is 18.9 Å². The number of anilines is 1. The van der Waals surface area contributed by atoms with Gasteiger partial charge in [0.1, 0.15) is 5.82 Å². The lowest BCUT2D eigenvalue weighted by atomic mass is 9.80. The highest BCUT2D eigenvalue weighted by Gasteiger charge is 2.27. The van der Waals surface area contributed by atoms with Gasteiger partial charge in [-0.05, 0) is 43.5 Å². The molecule has 0 aliphatic heterocycles. The summed E-state index contributed by atoms with van der Waals surface area (Å²) in [6, 6.07) is 8.29. The smallest absolute Gasteiger partial charge is 0.161 e. The second kappa shape index (κ2) is 7.96. The number of rotatable bonds is 5. The summed E-state index contributed by atoms with van der Waals surface area (Å²) in [6.45, 7) is 2.06. The SMILES string of the molecule is CC(=O)c1cccc(NCC2=CC[C@@H](c3cc(F)c(F)cc3F)[C@H](N)C2)c1. The molecule has 1 aliphatic rings. The van der Waals surface area contributed by atoms with E-state index in [9.17, 15) is 18.0 Å². The lowest BCUT2D eigenvalue weighted by Gasteiger charge is -2.29. The monoisotopic (exact) mass is 374 g/mol. The fourth-order valence-corrected chi connectivity index (χ4v) is 3.38. The summed E-state index contributed by atoms with van der Waals surface area (Å²) in [5.74, 6) is -3.45. The molecule has 0 radical (unpaired) electrons. The Morgan fingerprint density at radius 2 is 1.89 bits per heavy atom. The van der Waals surface area contributed by atoms with Crippen LogP contribution in [-0.4, -0.2) is 18.4 Å². The number of halogens is 3. The van der Waals surface area contributed by atoms with Crippen molar-refractivity contribution in [3.8, 4) is 0 Å². The molecule has 2 atom stereocenters. The van der Waals surface area contributed by atoms with Crippen LogP contribution in [-0.2, 0) is 0 Å². The van der Waals surface area contributed by atoms with Gasteiger partial charge in [0.2, 0.25) is 0 Å². The van der Waals surface area contributed by atoms with E-state index in [4.69, 9.17) is 5.73 Å². The number of hydrogen-bond acceptors (Lipinski definition) is 3. The maximum absolute atomic E-state index is 14.0. The Balaban J connectivity index is 1.68. The van der Waals surface area contributed by atoms with Crippen molar-refractivity contribution in [2.45, 2.75) is 31.7 Å². The highest BCUT2D eigenvalue weighted by Crippen LogP contribution is 2.33. The van der Waals surface area contributed by atoms with Crippen LogP contribution in [0.2, 0.25) is 0 Å². The standard InChI is InChI=1S/C21H21F3N2O/c1-12(27)14-3-2-4-15(8-14)26-11-13-5-6-16(21(25)7-13)17-9-19(23)20(24)10-18(17)22/h2-5,8-10,16,21,26H,6-7,11,25H2,1H3/t16-,21+/m0/s1. The number of carbonyl (C=O) groups is 1. The van der Waals surface area contributed by atoms with Crippen LogP contribution in [0.3, 0.4) is 0 Å². The molecule has 2 aromatic rings. The number of allylic oxidation sites excluding steroid dienone is 1. The van der Waals surface area contributed by atoms with Gasteiger partial charge in [-0.1, -0.05) is 23.8 Å². The van der Waals surface area contributed by atoms with E-state index in [-0.39, 0.29) is 11.3 Å². The van der Waals surface area contributed by atoms with Crippen molar-refractivity contribution in [2.75, 3.05) is 11.9 Å². The van der Waals surface area contributed by atoms with Crippen molar-refractivity contribution in [3.63, 3.8) is 0 Å². The van der Waals surface area contributed by atoms with Crippen LogP contribution >= 0.6 is 0 Å². The van der Waals surface area contributed by atoms with Crippen LogP contribution in [0.15, 0.2) is 48.0 Å². The molecule has 2 aromatic carbocycles. The summed E-state index contributed by atoms with van der Waals surface area (Å²) in [5.41, 5.74) is 8.81. The molecule has 0 saturated heterocycles. The van der Waals surface area contributed by atoms with E-state index >= 15 is 0 Å². The van der Waals surface area contributed by atoms with E-state index in [0.29, 0.717) is 31.0 Å². The van der Waals surface area contributed by atoms with Gasteiger partial charge >= 0.3 is 0 Å². The Labute approximate surface area is 156 Å². The van der Waals surface area contributed by atoms with Crippen molar-refractivity contribution in [2.24, 2.45) is 5.73 Å². The predicted octanol–water partition coefficient (Wildman–Crippen LogP) is 4.55. The van der Waals surface area contributed by atoms with Crippen molar-refractivity contribution < 1.29 is 18.0 Å². The molecule has 0 aromatic heterocycles. The van der Waals surface area contributed by atoms with Gasteiger partial charge in [0, 0.05) is 35.8 Å². The Bertz CT molecular complexity index is 895. The topological polar surface area (TPSA) is 55.1 Å². The molecule has 3 rings (SSSR count). The molecule has 1 aliphatic carbocycles. The second-order valence-corrected chi connectivity index (χ2v) is 6.85. The Hall–Kier alpha value is -2.60. The van der Waals surface area contributed by atoms with E-state index in [2.05, 4.69) is 5.32 Å². The third-order valence-corrected chi connectivity index (χ3v) is 4.90. The van der Waals surface area contributed by atoms with Gasteiger partial charge in [0.15, 0.2) is 17.4 Å². The van der Waals surface area contributed by atoms with Crippen LogP contribution in [0, 0.1) is 17.5 Å². The van der Waals surface area contributed by atoms with E-state index in [0.717, 1.165) is 17.3 Å². The summed E-state index contributed by atoms with van der Waals surface area (Å²) >= 11 is 0. The van der Waals surface area contributed by atoms with E-state index in [1.807, 2.05) is 18.2 Å². The molecular weight excluding hydrogens is 353 g/mol. The first-order chi connectivity index (χ1) is 12.8. The van der Waals surface area contributed by atoms with Crippen LogP contribution in [0.1, 0.15) is 41.6 Å². The minimum atomic E-state index is -1.20. The van der Waals surface area contributed by atoms with Crippen LogP contribution in [0.25, 0.3) is 0 Å². The number of carbonyl (C=O) groups excluding carboxylic acids is 1. The molecule has 27 heavy (non-hydrogen) atoms. The van der Waals surface area contributed by atoms with Gasteiger partial charge in [-0.25, -0.2) is 13.2 Å². The zero-order chi connectivity index (χ0) is 19.6. The van der Waals surface area contributed by atoms with Crippen molar-refractivity contribution in [1.82, 2.24) is 0 Å². The predicted molar refractivity (Wildman–Crippen MR) is 99.3 cm³/mol. The summed E-state index contributed by atoms with van der Waals surface area (Å²) in [5, 5.41) is 3.25. The third-order valence-electron chi connectivity index (χ3n) is 4.90. The van der Waals surface area contributed by atoms with Gasteiger partial charge < -0.3 is 11.1 Å². The molecule has 0 unspecified atom stereocenters. The molecule has 0 amide bonds. The van der Waals surface area contributed by atoms with Crippen LogP contribution < -0.4 is 11.1 Å². The fourth-order valence-electron chi connectivity index (χ4n) is 3.38. The lowest BCUT2D eigenvalue weighted by molar-refractivity contribution is 0.101. The Morgan fingerprint density at radius 3 is 2.59 bits per heavy atom. The van der Waals surface area contributed by atoms with Gasteiger partial charge in [0.25, 0.3) is 0 Å². The zero-order valence-electron chi connectivity index (χ0n) is 14.9. The van der Waals surface area contributed by atoms with Crippen molar-refractivity contribution in [1.29, 1.82) is 0 Å². The summed E-state index contributed by atoms with van der Waals surface area (Å²) in [4.78, 5) is 11.5. The number of nitrogens with two attached hydrogens (primary N) is 1. The maximum atomic E-state index is 14.0. The van der Waals surface area contributed by atoms with Gasteiger partial charge in [-0.15, -0.1) is 0 Å². The zero-order valence-corrected chi connectivity index (χ0v) is 14.9. The maximum Gasteiger partial charge on any atom is 0.161 e. The van der Waals surface area contributed by atoms with Crippen LogP contribution in [0.5, 0.6) is 0 Å². The summed E-state index contributed by atoms with van der Waals surface area (Å²) in [7, 11) is 0. The normalized spacial score (nSPS) is 19.5. The quantitative estimate of drug-likeness (QED) is 0.459. The number of Topliss-reactive ketones (excluding diaryl/α,β-unsaturated/α-hetero) is 1. The molecule has 0 spiro atoms. The molecular formula is C21H21F3N2O. The first-order valence-corrected chi connectivity index (χ1v) is 8.78. The second-order valence-electron chi connectivity index (χ2n) is 6.85. The molecule has 0 heterocycles. The average molecular weight is 374 g/mol. The van der Waals surface area contributed by atoms with Gasteiger partial charge in [-0.3, -0.25) is 4.79 Å². The van der Waals surface area contributed by atoms with E-state index in [1.165, 1.54) is 6.92 Å². The van der Waals surface area contributed by atoms with Gasteiger partial charge in [-0.2, -0.15) is 0 Å². The number of ketones is 1. The highest BCUT2D eigenvalue weighted by atomic mass is 19.2. The van der Waals surface area contributed by atoms with Crippen molar-refractivity contribution >= 4 is 11.5 Å². The number of hydrogen-bond donors (Lipinski definition) is 2. The molecule has 6 heteroatoms. The highest BCUT2D eigenvalue weighted by molar-refractivity contribution is 5.94. The Morgan fingerprint density at radius 1 is 1.15 bits per heavy atom. The van der Waals surface area contributed by atoms with Crippen molar-refractivity contribution in [3.05, 3.63) is 76.6 Å². The minimum Gasteiger partial charge on any atom is -0.381 e. The Kier molecular flexibility index (Phi) is 5.65. The summed E-state index contributed by atoms with van der Waals surface area (Å²) in [6.07, 6.45) is 2.92. The minimum absolute atomic E-state index is 0.00560. The summed E-state index contributed by atoms with van der Waals surface area (Å²) < 4.78 is 40.7. The molecule has 3 N–H and O–H groups in total.